The summed E-state index contributed by atoms with van der Waals surface area (Å²) in [5.74, 6) is -0.485. The highest BCUT2D eigenvalue weighted by atomic mass is 32.2. The Labute approximate surface area is 187 Å². The van der Waals surface area contributed by atoms with E-state index in [4.69, 9.17) is 0 Å². The third-order valence-electron chi connectivity index (χ3n) is 5.76. The molecule has 9 heteroatoms. The minimum absolute atomic E-state index is 0.139. The van der Waals surface area contributed by atoms with Gasteiger partial charge in [-0.25, -0.2) is 12.8 Å². The van der Waals surface area contributed by atoms with Crippen molar-refractivity contribution in [3.63, 3.8) is 0 Å². The molecule has 2 heterocycles. The molecule has 4 rings (SSSR count). The van der Waals surface area contributed by atoms with E-state index in [0.29, 0.717) is 18.6 Å². The van der Waals surface area contributed by atoms with E-state index in [-0.39, 0.29) is 29.7 Å². The molecule has 0 spiro atoms. The first kappa shape index (κ1) is 22.4. The Morgan fingerprint density at radius 3 is 2.53 bits per heavy atom. The molecule has 170 valence electrons. The van der Waals surface area contributed by atoms with Crippen LogP contribution in [0, 0.1) is 5.82 Å². The summed E-state index contributed by atoms with van der Waals surface area (Å²) >= 11 is 0. The molecule has 1 aliphatic heterocycles. The fourth-order valence-corrected chi connectivity index (χ4v) is 5.38. The van der Waals surface area contributed by atoms with Crippen LogP contribution in [0.15, 0.2) is 53.6 Å². The number of aromatic nitrogens is 1. The standard InChI is InChI=1S/C23H27FN4O3S/c1-26(2)10-3-11-27-12-13-28(16-23(27)29)32(30,31)19-7-4-17(5-8-19)21-15-25-22-14-18(24)6-9-20(21)22/h4-9,14-15,25H,3,10-13,16H2,1-2H3. The first-order valence-electron chi connectivity index (χ1n) is 10.6. The van der Waals surface area contributed by atoms with Crippen molar-refractivity contribution >= 4 is 26.8 Å². The molecule has 2 aromatic carbocycles. The highest BCUT2D eigenvalue weighted by Crippen LogP contribution is 2.30. The smallest absolute Gasteiger partial charge is 0.243 e. The second-order valence-corrected chi connectivity index (χ2v) is 10.2. The number of amides is 1. The van der Waals surface area contributed by atoms with E-state index in [0.717, 1.165) is 29.5 Å². The van der Waals surface area contributed by atoms with Gasteiger partial charge >= 0.3 is 0 Å². The lowest BCUT2D eigenvalue weighted by Crippen LogP contribution is -2.52. The fraction of sp³-hybridized carbons (Fsp3) is 0.348. The van der Waals surface area contributed by atoms with Gasteiger partial charge in [-0.3, -0.25) is 4.79 Å². The van der Waals surface area contributed by atoms with Crippen LogP contribution in [0.5, 0.6) is 0 Å². The van der Waals surface area contributed by atoms with Gasteiger partial charge < -0.3 is 14.8 Å². The zero-order chi connectivity index (χ0) is 22.9. The van der Waals surface area contributed by atoms with Crippen LogP contribution in [-0.2, 0) is 14.8 Å². The van der Waals surface area contributed by atoms with Crippen LogP contribution in [0.3, 0.4) is 0 Å². The lowest BCUT2D eigenvalue weighted by atomic mass is 10.1. The molecule has 0 radical (unpaired) electrons. The summed E-state index contributed by atoms with van der Waals surface area (Å²) in [6, 6.07) is 11.1. The molecule has 1 aromatic heterocycles. The van der Waals surface area contributed by atoms with E-state index < -0.39 is 10.0 Å². The number of hydrogen-bond acceptors (Lipinski definition) is 4. The van der Waals surface area contributed by atoms with Crippen molar-refractivity contribution in [3.05, 3.63) is 54.5 Å². The molecule has 1 fully saturated rings. The van der Waals surface area contributed by atoms with E-state index in [1.54, 1.807) is 41.4 Å². The van der Waals surface area contributed by atoms with Crippen LogP contribution in [-0.4, -0.2) is 80.2 Å². The number of benzene rings is 2. The van der Waals surface area contributed by atoms with Crippen molar-refractivity contribution in [2.45, 2.75) is 11.3 Å². The Hall–Kier alpha value is -2.75. The number of carbonyl (C=O) groups excluding carboxylic acids is 1. The van der Waals surface area contributed by atoms with Gasteiger partial charge in [0, 0.05) is 42.3 Å². The summed E-state index contributed by atoms with van der Waals surface area (Å²) in [7, 11) is 0.198. The average Bonchev–Trinajstić information content (AvgIpc) is 3.17. The monoisotopic (exact) mass is 458 g/mol. The Bertz CT molecular complexity index is 1220. The Balaban J connectivity index is 1.47. The third-order valence-corrected chi connectivity index (χ3v) is 7.62. The number of sulfonamides is 1. The van der Waals surface area contributed by atoms with Gasteiger partial charge in [-0.05, 0) is 63.0 Å². The minimum atomic E-state index is -3.77. The summed E-state index contributed by atoms with van der Waals surface area (Å²) < 4.78 is 40.9. The van der Waals surface area contributed by atoms with Crippen LogP contribution in [0.2, 0.25) is 0 Å². The van der Waals surface area contributed by atoms with E-state index >= 15 is 0 Å². The molecule has 1 amide bonds. The summed E-state index contributed by atoms with van der Waals surface area (Å²) in [4.78, 5) is 19.5. The molecular formula is C23H27FN4O3S. The predicted octanol–water partition coefficient (Wildman–Crippen LogP) is 2.76. The van der Waals surface area contributed by atoms with Crippen molar-refractivity contribution < 1.29 is 17.6 Å². The zero-order valence-corrected chi connectivity index (χ0v) is 19.0. The van der Waals surface area contributed by atoms with Gasteiger partial charge in [0.25, 0.3) is 0 Å². The van der Waals surface area contributed by atoms with Crippen molar-refractivity contribution in [2.24, 2.45) is 0 Å². The summed E-state index contributed by atoms with van der Waals surface area (Å²) in [5.41, 5.74) is 2.37. The van der Waals surface area contributed by atoms with Gasteiger partial charge in [-0.1, -0.05) is 12.1 Å². The highest BCUT2D eigenvalue weighted by molar-refractivity contribution is 7.89. The van der Waals surface area contributed by atoms with E-state index in [9.17, 15) is 17.6 Å². The van der Waals surface area contributed by atoms with Crippen molar-refractivity contribution in [2.75, 3.05) is 46.8 Å². The van der Waals surface area contributed by atoms with Crippen molar-refractivity contribution in [1.82, 2.24) is 19.1 Å². The third kappa shape index (κ3) is 4.55. The lowest BCUT2D eigenvalue weighted by molar-refractivity contribution is -0.134. The molecule has 0 aliphatic carbocycles. The molecule has 7 nitrogen and oxygen atoms in total. The van der Waals surface area contributed by atoms with Crippen molar-refractivity contribution in [3.8, 4) is 11.1 Å². The number of rotatable bonds is 7. The normalized spacial score (nSPS) is 15.8. The highest BCUT2D eigenvalue weighted by Gasteiger charge is 2.32. The second-order valence-electron chi connectivity index (χ2n) is 8.29. The van der Waals surface area contributed by atoms with Gasteiger partial charge in [0.15, 0.2) is 0 Å². The number of hydrogen-bond donors (Lipinski definition) is 1. The number of H-pyrrole nitrogens is 1. The molecule has 1 N–H and O–H groups in total. The predicted molar refractivity (Wildman–Crippen MR) is 122 cm³/mol. The van der Waals surface area contributed by atoms with E-state index in [1.165, 1.54) is 16.4 Å². The summed E-state index contributed by atoms with van der Waals surface area (Å²) in [6.07, 6.45) is 2.63. The summed E-state index contributed by atoms with van der Waals surface area (Å²) in [5, 5.41) is 0.859. The number of fused-ring (bicyclic) bond motifs is 1. The van der Waals surface area contributed by atoms with Crippen LogP contribution in [0.4, 0.5) is 4.39 Å². The van der Waals surface area contributed by atoms with Gasteiger partial charge in [0.2, 0.25) is 15.9 Å². The number of piperazine rings is 1. The number of aromatic amines is 1. The van der Waals surface area contributed by atoms with Crippen LogP contribution >= 0.6 is 0 Å². The van der Waals surface area contributed by atoms with Crippen LogP contribution in [0.25, 0.3) is 22.0 Å². The average molecular weight is 459 g/mol. The summed E-state index contributed by atoms with van der Waals surface area (Å²) in [6.45, 7) is 2.05. The largest absolute Gasteiger partial charge is 0.360 e. The maximum atomic E-state index is 13.4. The van der Waals surface area contributed by atoms with Gasteiger partial charge in [-0.15, -0.1) is 0 Å². The first-order valence-corrected chi connectivity index (χ1v) is 12.0. The maximum absolute atomic E-state index is 13.4. The minimum Gasteiger partial charge on any atom is -0.360 e. The molecule has 0 unspecified atom stereocenters. The molecule has 1 saturated heterocycles. The fourth-order valence-electron chi connectivity index (χ4n) is 4.00. The number of nitrogens with zero attached hydrogens (tertiary/aromatic N) is 3. The molecular weight excluding hydrogens is 431 g/mol. The van der Waals surface area contributed by atoms with E-state index in [2.05, 4.69) is 9.88 Å². The van der Waals surface area contributed by atoms with Crippen LogP contribution < -0.4 is 0 Å². The molecule has 0 bridgehead atoms. The number of halogens is 1. The molecule has 3 aromatic rings. The SMILES string of the molecule is CN(C)CCCN1CCN(S(=O)(=O)c2ccc(-c3c[nH]c4cc(F)ccc34)cc2)CC1=O. The van der Waals surface area contributed by atoms with Gasteiger partial charge in [0.05, 0.1) is 11.4 Å². The zero-order valence-electron chi connectivity index (χ0n) is 18.2. The molecule has 1 aliphatic rings. The second kappa shape index (κ2) is 9.01. The maximum Gasteiger partial charge on any atom is 0.243 e. The number of nitrogens with one attached hydrogen (secondary N) is 1. The molecule has 0 saturated carbocycles. The van der Waals surface area contributed by atoms with Gasteiger partial charge in [0.1, 0.15) is 5.82 Å². The van der Waals surface area contributed by atoms with E-state index in [1.807, 2.05) is 14.1 Å². The Morgan fingerprint density at radius 1 is 1.09 bits per heavy atom. The van der Waals surface area contributed by atoms with Gasteiger partial charge in [-0.2, -0.15) is 4.31 Å². The van der Waals surface area contributed by atoms with Crippen LogP contribution in [0.1, 0.15) is 6.42 Å². The molecule has 0 atom stereocenters. The quantitative estimate of drug-likeness (QED) is 0.591. The Morgan fingerprint density at radius 2 is 1.84 bits per heavy atom. The van der Waals surface area contributed by atoms with Crippen molar-refractivity contribution in [1.29, 1.82) is 0 Å². The number of carbonyl (C=O) groups is 1. The Kier molecular flexibility index (Phi) is 6.32. The lowest BCUT2D eigenvalue weighted by Gasteiger charge is -2.33. The first-order chi connectivity index (χ1) is 15.3. The molecule has 32 heavy (non-hydrogen) atoms. The topological polar surface area (TPSA) is 76.7 Å².